The normalized spacial score (nSPS) is 21.6. The summed E-state index contributed by atoms with van der Waals surface area (Å²) in [5, 5.41) is 2.59. The van der Waals surface area contributed by atoms with E-state index in [0.717, 1.165) is 17.7 Å². The summed E-state index contributed by atoms with van der Waals surface area (Å²) in [4.78, 5) is 50.8. The first-order chi connectivity index (χ1) is 14.4. The first kappa shape index (κ1) is 21.6. The molecule has 1 aromatic carbocycles. The van der Waals surface area contributed by atoms with Crippen LogP contribution in [0.15, 0.2) is 18.2 Å². The number of hydrogen-bond donors (Lipinski definition) is 1. The molecule has 0 unspecified atom stereocenters. The molecule has 1 heterocycles. The van der Waals surface area contributed by atoms with E-state index in [0.29, 0.717) is 30.0 Å². The Hall–Kier alpha value is -3.10. The van der Waals surface area contributed by atoms with Crippen molar-refractivity contribution in [2.24, 2.45) is 11.8 Å². The topological polar surface area (TPSA) is 111 Å². The number of imide groups is 1. The van der Waals surface area contributed by atoms with E-state index in [4.69, 9.17) is 14.2 Å². The number of benzene rings is 1. The van der Waals surface area contributed by atoms with Gasteiger partial charge in [-0.05, 0) is 31.9 Å². The van der Waals surface area contributed by atoms with Gasteiger partial charge in [-0.25, -0.2) is 4.79 Å². The monoisotopic (exact) mass is 418 g/mol. The number of ether oxygens (including phenoxy) is 3. The third-order valence-electron chi connectivity index (χ3n) is 5.63. The molecule has 2 fully saturated rings. The fourth-order valence-electron chi connectivity index (χ4n) is 4.03. The fraction of sp³-hybridized carbons (Fsp3) is 0.524. The van der Waals surface area contributed by atoms with Crippen LogP contribution in [-0.4, -0.2) is 55.5 Å². The molecule has 1 N–H and O–H groups in total. The Balaban J connectivity index is 1.58. The molecule has 0 spiro atoms. The van der Waals surface area contributed by atoms with E-state index in [9.17, 15) is 19.2 Å². The molecule has 1 saturated heterocycles. The SMILES string of the molecule is COc1ccc(OC)c(NC(=O)COC(=O)[C@H](C)N2C(=O)[C@@H]3CCCC[C@H]3C2=O)c1. The number of carbonyl (C=O) groups is 4. The number of hydrogen-bond acceptors (Lipinski definition) is 7. The van der Waals surface area contributed by atoms with Gasteiger partial charge in [0, 0.05) is 6.07 Å². The van der Waals surface area contributed by atoms with Gasteiger partial charge in [-0.2, -0.15) is 0 Å². The van der Waals surface area contributed by atoms with Gasteiger partial charge in [0.2, 0.25) is 11.8 Å². The second kappa shape index (κ2) is 9.15. The van der Waals surface area contributed by atoms with Crippen molar-refractivity contribution in [3.63, 3.8) is 0 Å². The average Bonchev–Trinajstić information content (AvgIpc) is 3.01. The molecular formula is C21H26N2O7. The van der Waals surface area contributed by atoms with E-state index in [1.807, 2.05) is 0 Å². The first-order valence-corrected chi connectivity index (χ1v) is 9.92. The zero-order valence-corrected chi connectivity index (χ0v) is 17.3. The molecule has 1 saturated carbocycles. The van der Waals surface area contributed by atoms with Gasteiger partial charge in [0.25, 0.3) is 5.91 Å². The van der Waals surface area contributed by atoms with Crippen LogP contribution in [0.1, 0.15) is 32.6 Å². The van der Waals surface area contributed by atoms with Crippen LogP contribution in [0.4, 0.5) is 5.69 Å². The lowest BCUT2D eigenvalue weighted by Gasteiger charge is -2.21. The van der Waals surface area contributed by atoms with Crippen molar-refractivity contribution in [3.8, 4) is 11.5 Å². The molecule has 0 bridgehead atoms. The summed E-state index contributed by atoms with van der Waals surface area (Å²) in [5.74, 6) is -1.78. The smallest absolute Gasteiger partial charge is 0.329 e. The van der Waals surface area contributed by atoms with E-state index in [-0.39, 0.29) is 23.7 Å². The molecule has 3 amide bonds. The van der Waals surface area contributed by atoms with Crippen LogP contribution < -0.4 is 14.8 Å². The number of carbonyl (C=O) groups excluding carboxylic acids is 4. The minimum absolute atomic E-state index is 0.320. The highest BCUT2D eigenvalue weighted by atomic mass is 16.5. The molecule has 0 radical (unpaired) electrons. The molecule has 3 atom stereocenters. The zero-order chi connectivity index (χ0) is 21.8. The number of anilines is 1. The first-order valence-electron chi connectivity index (χ1n) is 9.92. The van der Waals surface area contributed by atoms with Crippen molar-refractivity contribution in [1.82, 2.24) is 4.90 Å². The molecule has 3 rings (SSSR count). The van der Waals surface area contributed by atoms with Crippen molar-refractivity contribution < 1.29 is 33.4 Å². The summed E-state index contributed by atoms with van der Waals surface area (Å²) in [6.07, 6.45) is 3.14. The molecule has 1 aromatic rings. The quantitative estimate of drug-likeness (QED) is 0.530. The second-order valence-electron chi connectivity index (χ2n) is 7.44. The Morgan fingerprint density at radius 3 is 2.30 bits per heavy atom. The maximum atomic E-state index is 12.6. The maximum absolute atomic E-state index is 12.6. The zero-order valence-electron chi connectivity index (χ0n) is 17.3. The Morgan fingerprint density at radius 2 is 1.73 bits per heavy atom. The lowest BCUT2D eigenvalue weighted by Crippen LogP contribution is -2.45. The van der Waals surface area contributed by atoms with Crippen molar-refractivity contribution in [3.05, 3.63) is 18.2 Å². The van der Waals surface area contributed by atoms with E-state index in [1.165, 1.54) is 21.1 Å². The van der Waals surface area contributed by atoms with E-state index in [2.05, 4.69) is 5.32 Å². The number of rotatable bonds is 7. The predicted octanol–water partition coefficient (Wildman–Crippen LogP) is 1.75. The number of likely N-dealkylation sites (tertiary alicyclic amines) is 1. The van der Waals surface area contributed by atoms with Gasteiger partial charge in [0.15, 0.2) is 6.61 Å². The Morgan fingerprint density at radius 1 is 1.10 bits per heavy atom. The molecule has 1 aliphatic carbocycles. The number of methoxy groups -OCH3 is 2. The number of fused-ring (bicyclic) bond motifs is 1. The van der Waals surface area contributed by atoms with Crippen LogP contribution in [0.25, 0.3) is 0 Å². The van der Waals surface area contributed by atoms with E-state index >= 15 is 0 Å². The second-order valence-corrected chi connectivity index (χ2v) is 7.44. The van der Waals surface area contributed by atoms with Gasteiger partial charge >= 0.3 is 5.97 Å². The molecule has 2 aliphatic rings. The van der Waals surface area contributed by atoms with Crippen molar-refractivity contribution >= 4 is 29.4 Å². The summed E-state index contributed by atoms with van der Waals surface area (Å²) in [6.45, 7) is 0.880. The fourth-order valence-corrected chi connectivity index (χ4v) is 4.03. The molecule has 162 valence electrons. The lowest BCUT2D eigenvalue weighted by molar-refractivity contribution is -0.159. The van der Waals surface area contributed by atoms with Crippen molar-refractivity contribution in [2.45, 2.75) is 38.6 Å². The number of esters is 1. The van der Waals surface area contributed by atoms with Gasteiger partial charge in [0.1, 0.15) is 17.5 Å². The Kier molecular flexibility index (Phi) is 6.59. The molecule has 0 aromatic heterocycles. The van der Waals surface area contributed by atoms with Crippen LogP contribution in [-0.2, 0) is 23.9 Å². The molecule has 9 heteroatoms. The highest BCUT2D eigenvalue weighted by Gasteiger charge is 2.51. The van der Waals surface area contributed by atoms with Crippen LogP contribution in [0, 0.1) is 11.8 Å². The molecular weight excluding hydrogens is 392 g/mol. The van der Waals surface area contributed by atoms with Crippen LogP contribution in [0.5, 0.6) is 11.5 Å². The largest absolute Gasteiger partial charge is 0.497 e. The van der Waals surface area contributed by atoms with Gasteiger partial charge in [-0.3, -0.25) is 19.3 Å². The van der Waals surface area contributed by atoms with Crippen LogP contribution in [0.2, 0.25) is 0 Å². The highest BCUT2D eigenvalue weighted by Crippen LogP contribution is 2.39. The minimum Gasteiger partial charge on any atom is -0.497 e. The Bertz CT molecular complexity index is 830. The number of amides is 3. The third-order valence-corrected chi connectivity index (χ3v) is 5.63. The molecule has 9 nitrogen and oxygen atoms in total. The average molecular weight is 418 g/mol. The van der Waals surface area contributed by atoms with Crippen LogP contribution in [0.3, 0.4) is 0 Å². The Labute approximate surface area is 174 Å². The van der Waals surface area contributed by atoms with Gasteiger partial charge in [-0.15, -0.1) is 0 Å². The highest BCUT2D eigenvalue weighted by molar-refractivity contribution is 6.08. The van der Waals surface area contributed by atoms with Crippen LogP contribution >= 0.6 is 0 Å². The summed E-state index contributed by atoms with van der Waals surface area (Å²) in [7, 11) is 2.95. The maximum Gasteiger partial charge on any atom is 0.329 e. The standard InChI is InChI=1S/C21H26N2O7/c1-12(23-19(25)14-6-4-5-7-15(14)20(23)26)21(27)30-11-18(24)22-16-10-13(28-2)8-9-17(16)29-3/h8-10,12,14-15H,4-7,11H2,1-3H3,(H,22,24)/t12-,14+,15+/m0/s1. The summed E-state index contributed by atoms with van der Waals surface area (Å²) < 4.78 is 15.4. The van der Waals surface area contributed by atoms with Crippen molar-refractivity contribution in [2.75, 3.05) is 26.1 Å². The predicted molar refractivity (Wildman–Crippen MR) is 106 cm³/mol. The van der Waals surface area contributed by atoms with Gasteiger partial charge in [-0.1, -0.05) is 12.8 Å². The number of nitrogens with zero attached hydrogens (tertiary/aromatic N) is 1. The van der Waals surface area contributed by atoms with E-state index < -0.39 is 24.5 Å². The summed E-state index contributed by atoms with van der Waals surface area (Å²) in [6, 6.07) is 3.81. The summed E-state index contributed by atoms with van der Waals surface area (Å²) in [5.41, 5.74) is 0.361. The summed E-state index contributed by atoms with van der Waals surface area (Å²) >= 11 is 0. The minimum atomic E-state index is -1.07. The van der Waals surface area contributed by atoms with Gasteiger partial charge < -0.3 is 19.5 Å². The van der Waals surface area contributed by atoms with Gasteiger partial charge in [0.05, 0.1) is 31.7 Å². The third kappa shape index (κ3) is 4.24. The lowest BCUT2D eigenvalue weighted by atomic mass is 9.81. The number of nitrogens with one attached hydrogen (secondary N) is 1. The molecule has 30 heavy (non-hydrogen) atoms. The van der Waals surface area contributed by atoms with Crippen molar-refractivity contribution in [1.29, 1.82) is 0 Å². The molecule has 1 aliphatic heterocycles. The van der Waals surface area contributed by atoms with E-state index in [1.54, 1.807) is 18.2 Å².